The molecule has 0 spiro atoms. The maximum atomic E-state index is 12.2. The highest BCUT2D eigenvalue weighted by Gasteiger charge is 2.45. The van der Waals surface area contributed by atoms with Crippen molar-refractivity contribution >= 4 is 11.6 Å². The fourth-order valence-corrected chi connectivity index (χ4v) is 1.89. The van der Waals surface area contributed by atoms with Crippen molar-refractivity contribution in [1.29, 1.82) is 0 Å². The second-order valence-electron chi connectivity index (χ2n) is 4.63. The van der Waals surface area contributed by atoms with Gasteiger partial charge in [0, 0.05) is 13.2 Å². The zero-order valence-corrected chi connectivity index (χ0v) is 9.68. The first kappa shape index (κ1) is 11.1. The van der Waals surface area contributed by atoms with E-state index in [1.165, 1.54) is 0 Å². The van der Waals surface area contributed by atoms with Gasteiger partial charge in [-0.1, -0.05) is 0 Å². The molecule has 86 valence electrons. The van der Waals surface area contributed by atoms with Crippen molar-refractivity contribution in [2.45, 2.75) is 25.3 Å². The highest BCUT2D eigenvalue weighted by Crippen LogP contribution is 2.39. The highest BCUT2D eigenvalue weighted by atomic mass is 16.2. The van der Waals surface area contributed by atoms with Crippen LogP contribution in [0.1, 0.15) is 19.8 Å². The summed E-state index contributed by atoms with van der Waals surface area (Å²) in [7, 11) is 1.74. The smallest absolute Gasteiger partial charge is 0.246 e. The van der Waals surface area contributed by atoms with Gasteiger partial charge in [0.05, 0.1) is 17.4 Å². The number of aromatic nitrogens is 1. The maximum absolute atomic E-state index is 12.2. The Morgan fingerprint density at radius 1 is 1.62 bits per heavy atom. The van der Waals surface area contributed by atoms with Gasteiger partial charge in [0.1, 0.15) is 0 Å². The van der Waals surface area contributed by atoms with Crippen LogP contribution in [0.3, 0.4) is 0 Å². The number of likely N-dealkylation sites (N-methyl/N-ethyl adjacent to an activating group) is 1. The van der Waals surface area contributed by atoms with Gasteiger partial charge in [-0.15, -0.1) is 0 Å². The molecule has 4 heteroatoms. The lowest BCUT2D eigenvalue weighted by atomic mass is 9.95. The Kier molecular flexibility index (Phi) is 2.68. The average Bonchev–Trinajstić information content (AvgIpc) is 3.12. The van der Waals surface area contributed by atoms with Gasteiger partial charge < -0.3 is 10.6 Å². The van der Waals surface area contributed by atoms with E-state index in [2.05, 4.69) is 4.98 Å². The topological polar surface area (TPSA) is 59.2 Å². The van der Waals surface area contributed by atoms with Crippen molar-refractivity contribution in [3.63, 3.8) is 0 Å². The molecule has 1 unspecified atom stereocenters. The monoisotopic (exact) mass is 219 g/mol. The van der Waals surface area contributed by atoms with E-state index in [4.69, 9.17) is 5.73 Å². The van der Waals surface area contributed by atoms with Crippen LogP contribution >= 0.6 is 0 Å². The maximum Gasteiger partial charge on any atom is 0.246 e. The van der Waals surface area contributed by atoms with Gasteiger partial charge in [-0.3, -0.25) is 9.78 Å². The lowest BCUT2D eigenvalue weighted by Gasteiger charge is -2.29. The molecule has 0 saturated heterocycles. The van der Waals surface area contributed by atoms with Gasteiger partial charge >= 0.3 is 0 Å². The van der Waals surface area contributed by atoms with Crippen molar-refractivity contribution in [2.75, 3.05) is 11.9 Å². The number of amides is 1. The number of anilines is 1. The molecular weight excluding hydrogens is 202 g/mol. The van der Waals surface area contributed by atoms with Gasteiger partial charge in [-0.05, 0) is 37.8 Å². The number of hydrogen-bond acceptors (Lipinski definition) is 3. The first-order valence-corrected chi connectivity index (χ1v) is 5.50. The predicted octanol–water partition coefficient (Wildman–Crippen LogP) is 1.17. The number of carbonyl (C=O) groups is 1. The number of nitrogens with zero attached hydrogens (tertiary/aromatic N) is 2. The third-order valence-corrected chi connectivity index (χ3v) is 3.22. The Balaban J connectivity index is 2.16. The summed E-state index contributed by atoms with van der Waals surface area (Å²) in [5, 5.41) is 0. The van der Waals surface area contributed by atoms with E-state index < -0.39 is 5.54 Å². The molecule has 2 rings (SSSR count). The predicted molar refractivity (Wildman–Crippen MR) is 63.0 cm³/mol. The molecule has 1 aromatic rings. The molecular formula is C12H17N3O. The van der Waals surface area contributed by atoms with Crippen LogP contribution in [-0.4, -0.2) is 23.5 Å². The van der Waals surface area contributed by atoms with Crippen LogP contribution in [0.2, 0.25) is 0 Å². The van der Waals surface area contributed by atoms with Gasteiger partial charge in [0.25, 0.3) is 0 Å². The number of carbonyl (C=O) groups excluding carboxylic acids is 1. The molecule has 1 fully saturated rings. The van der Waals surface area contributed by atoms with Crippen molar-refractivity contribution < 1.29 is 4.79 Å². The largest absolute Gasteiger partial charge is 0.317 e. The van der Waals surface area contributed by atoms with Gasteiger partial charge in [-0.25, -0.2) is 0 Å². The molecule has 2 N–H and O–H groups in total. The molecule has 0 aromatic carbocycles. The molecule has 4 nitrogen and oxygen atoms in total. The number of nitrogens with two attached hydrogens (primary N) is 1. The van der Waals surface area contributed by atoms with E-state index in [1.54, 1.807) is 24.3 Å². The minimum atomic E-state index is -0.745. The third kappa shape index (κ3) is 1.93. The summed E-state index contributed by atoms with van der Waals surface area (Å²) >= 11 is 0. The van der Waals surface area contributed by atoms with E-state index >= 15 is 0 Å². The van der Waals surface area contributed by atoms with E-state index in [0.717, 1.165) is 18.5 Å². The van der Waals surface area contributed by atoms with E-state index in [0.29, 0.717) is 5.92 Å². The van der Waals surface area contributed by atoms with Crippen LogP contribution in [0.5, 0.6) is 0 Å². The second kappa shape index (κ2) is 3.87. The molecule has 0 bridgehead atoms. The molecule has 1 heterocycles. The van der Waals surface area contributed by atoms with Gasteiger partial charge in [0.2, 0.25) is 5.91 Å². The summed E-state index contributed by atoms with van der Waals surface area (Å²) in [6, 6.07) is 3.66. The van der Waals surface area contributed by atoms with E-state index in [9.17, 15) is 4.79 Å². The molecule has 0 aliphatic heterocycles. The Labute approximate surface area is 95.5 Å². The SMILES string of the molecule is CN(C(=O)C(C)(N)C1CC1)c1cccnc1. The first-order valence-electron chi connectivity index (χ1n) is 5.50. The number of hydrogen-bond donors (Lipinski definition) is 1. The first-order chi connectivity index (χ1) is 7.53. The quantitative estimate of drug-likeness (QED) is 0.830. The van der Waals surface area contributed by atoms with Crippen molar-refractivity contribution in [3.05, 3.63) is 24.5 Å². The Hall–Kier alpha value is -1.42. The van der Waals surface area contributed by atoms with Crippen LogP contribution < -0.4 is 10.6 Å². The fourth-order valence-electron chi connectivity index (χ4n) is 1.89. The Bertz CT molecular complexity index is 385. The molecule has 0 radical (unpaired) electrons. The summed E-state index contributed by atoms with van der Waals surface area (Å²) in [6.07, 6.45) is 5.46. The molecule has 1 aliphatic rings. The van der Waals surface area contributed by atoms with Crippen LogP contribution in [0.15, 0.2) is 24.5 Å². The molecule has 1 atom stereocenters. The Morgan fingerprint density at radius 2 is 2.31 bits per heavy atom. The van der Waals surface area contributed by atoms with Crippen molar-refractivity contribution in [2.24, 2.45) is 11.7 Å². The van der Waals surface area contributed by atoms with Crippen LogP contribution in [-0.2, 0) is 4.79 Å². The number of pyridine rings is 1. The van der Waals surface area contributed by atoms with Crippen molar-refractivity contribution in [1.82, 2.24) is 4.98 Å². The van der Waals surface area contributed by atoms with Crippen molar-refractivity contribution in [3.8, 4) is 0 Å². The minimum Gasteiger partial charge on any atom is -0.317 e. The standard InChI is InChI=1S/C12H17N3O/c1-12(13,9-5-6-9)11(16)15(2)10-4-3-7-14-8-10/h3-4,7-9H,5-6,13H2,1-2H3. The zero-order chi connectivity index (χ0) is 11.8. The van der Waals surface area contributed by atoms with Gasteiger partial charge in [-0.2, -0.15) is 0 Å². The lowest BCUT2D eigenvalue weighted by Crippen LogP contribution is -2.54. The highest BCUT2D eigenvalue weighted by molar-refractivity contribution is 5.99. The third-order valence-electron chi connectivity index (χ3n) is 3.22. The zero-order valence-electron chi connectivity index (χ0n) is 9.68. The normalized spacial score (nSPS) is 18.9. The lowest BCUT2D eigenvalue weighted by molar-refractivity contribution is -0.123. The summed E-state index contributed by atoms with van der Waals surface area (Å²) in [5.74, 6) is 0.294. The average molecular weight is 219 g/mol. The summed E-state index contributed by atoms with van der Waals surface area (Å²) < 4.78 is 0. The van der Waals surface area contributed by atoms with Crippen LogP contribution in [0.25, 0.3) is 0 Å². The minimum absolute atomic E-state index is 0.0389. The molecule has 16 heavy (non-hydrogen) atoms. The van der Waals surface area contributed by atoms with Crippen LogP contribution in [0.4, 0.5) is 5.69 Å². The summed E-state index contributed by atoms with van der Waals surface area (Å²) in [5.41, 5.74) is 6.13. The van der Waals surface area contributed by atoms with E-state index in [-0.39, 0.29) is 5.91 Å². The number of rotatable bonds is 3. The fraction of sp³-hybridized carbons (Fsp3) is 0.500. The molecule has 1 aliphatic carbocycles. The van der Waals surface area contributed by atoms with Gasteiger partial charge in [0.15, 0.2) is 0 Å². The van der Waals surface area contributed by atoms with Crippen LogP contribution in [0, 0.1) is 5.92 Å². The van der Waals surface area contributed by atoms with E-state index in [1.807, 2.05) is 19.1 Å². The molecule has 1 saturated carbocycles. The molecule has 1 amide bonds. The second-order valence-corrected chi connectivity index (χ2v) is 4.63. The molecule has 1 aromatic heterocycles. The summed E-state index contributed by atoms with van der Waals surface area (Å²) in [6.45, 7) is 1.82. The Morgan fingerprint density at radius 3 is 2.81 bits per heavy atom. The summed E-state index contributed by atoms with van der Waals surface area (Å²) in [4.78, 5) is 17.8.